The second kappa shape index (κ2) is 9.05. The van der Waals surface area contributed by atoms with Crippen LogP contribution in [0.5, 0.6) is 0 Å². The summed E-state index contributed by atoms with van der Waals surface area (Å²) in [5.41, 5.74) is 4.12. The van der Waals surface area contributed by atoms with Crippen molar-refractivity contribution in [2.75, 3.05) is 6.54 Å². The standard InChI is InChI=1S/C26H26FN3OS2/c1-16(2)29-13-12-21-22(14-29)33-24-23(21)25(31)30(20-10-4-17(3)5-11-20)26(28-24)32-15-18-6-8-19(27)9-7-18/h4-11,16H,12-15H2,1-3H3. The van der Waals surface area contributed by atoms with Crippen LogP contribution in [-0.2, 0) is 18.7 Å². The molecule has 4 nitrogen and oxygen atoms in total. The summed E-state index contributed by atoms with van der Waals surface area (Å²) in [5, 5.41) is 1.44. The molecule has 0 saturated heterocycles. The van der Waals surface area contributed by atoms with E-state index >= 15 is 0 Å². The number of thiophene rings is 1. The molecular weight excluding hydrogens is 453 g/mol. The van der Waals surface area contributed by atoms with Crippen molar-refractivity contribution in [1.29, 1.82) is 0 Å². The van der Waals surface area contributed by atoms with E-state index in [1.807, 2.05) is 31.2 Å². The zero-order chi connectivity index (χ0) is 23.1. The van der Waals surface area contributed by atoms with Crippen molar-refractivity contribution in [2.45, 2.75) is 50.7 Å². The first-order valence-corrected chi connectivity index (χ1v) is 13.0. The Bertz CT molecular complexity index is 1360. The minimum atomic E-state index is -0.250. The van der Waals surface area contributed by atoms with Gasteiger partial charge in [-0.05, 0) is 62.6 Å². The van der Waals surface area contributed by atoms with Gasteiger partial charge < -0.3 is 0 Å². The van der Waals surface area contributed by atoms with Crippen molar-refractivity contribution in [3.05, 3.63) is 86.3 Å². The molecule has 1 aliphatic heterocycles. The number of aromatic nitrogens is 2. The number of aryl methyl sites for hydroxylation is 1. The Morgan fingerprint density at radius 2 is 1.85 bits per heavy atom. The molecule has 1 aliphatic rings. The van der Waals surface area contributed by atoms with Gasteiger partial charge in [0.15, 0.2) is 5.16 Å². The van der Waals surface area contributed by atoms with Crippen LogP contribution in [-0.4, -0.2) is 27.0 Å². The Labute approximate surface area is 201 Å². The second-order valence-electron chi connectivity index (χ2n) is 8.78. The highest BCUT2D eigenvalue weighted by Crippen LogP contribution is 2.35. The topological polar surface area (TPSA) is 38.1 Å². The van der Waals surface area contributed by atoms with Crippen LogP contribution >= 0.6 is 23.1 Å². The number of rotatable bonds is 5. The Balaban J connectivity index is 1.62. The van der Waals surface area contributed by atoms with Crippen LogP contribution in [0.25, 0.3) is 15.9 Å². The highest BCUT2D eigenvalue weighted by molar-refractivity contribution is 7.98. The Kier molecular flexibility index (Phi) is 6.12. The summed E-state index contributed by atoms with van der Waals surface area (Å²) in [6, 6.07) is 15.0. The van der Waals surface area contributed by atoms with Gasteiger partial charge in [0, 0.05) is 29.8 Å². The summed E-state index contributed by atoms with van der Waals surface area (Å²) in [6.45, 7) is 8.29. The van der Waals surface area contributed by atoms with E-state index in [1.54, 1.807) is 28.0 Å². The van der Waals surface area contributed by atoms with E-state index in [0.717, 1.165) is 46.5 Å². The highest BCUT2D eigenvalue weighted by atomic mass is 32.2. The van der Waals surface area contributed by atoms with Crippen molar-refractivity contribution in [2.24, 2.45) is 0 Å². The number of hydrogen-bond donors (Lipinski definition) is 0. The molecule has 0 radical (unpaired) electrons. The van der Waals surface area contributed by atoms with Gasteiger partial charge in [0.1, 0.15) is 10.6 Å². The van der Waals surface area contributed by atoms with E-state index in [0.29, 0.717) is 17.0 Å². The Hall–Kier alpha value is -2.48. The van der Waals surface area contributed by atoms with Gasteiger partial charge in [-0.2, -0.15) is 0 Å². The van der Waals surface area contributed by atoms with Gasteiger partial charge in [-0.1, -0.05) is 41.6 Å². The molecule has 5 rings (SSSR count). The molecule has 0 saturated carbocycles. The zero-order valence-electron chi connectivity index (χ0n) is 19.0. The van der Waals surface area contributed by atoms with E-state index in [-0.39, 0.29) is 11.4 Å². The third kappa shape index (κ3) is 4.37. The molecule has 0 fully saturated rings. The summed E-state index contributed by atoms with van der Waals surface area (Å²) in [6.07, 6.45) is 0.875. The van der Waals surface area contributed by atoms with Crippen LogP contribution in [0.4, 0.5) is 4.39 Å². The summed E-state index contributed by atoms with van der Waals surface area (Å²) in [5.74, 6) is 0.357. The van der Waals surface area contributed by atoms with E-state index in [4.69, 9.17) is 4.98 Å². The number of fused-ring (bicyclic) bond motifs is 3. The van der Waals surface area contributed by atoms with Gasteiger partial charge in [0.25, 0.3) is 5.56 Å². The molecule has 2 aromatic carbocycles. The summed E-state index contributed by atoms with van der Waals surface area (Å²) >= 11 is 3.16. The fraction of sp³-hybridized carbons (Fsp3) is 0.308. The summed E-state index contributed by atoms with van der Waals surface area (Å²) in [4.78, 5) is 23.4. The molecule has 0 N–H and O–H groups in total. The van der Waals surface area contributed by atoms with Gasteiger partial charge in [0.2, 0.25) is 0 Å². The molecule has 0 aliphatic carbocycles. The average Bonchev–Trinajstić information content (AvgIpc) is 3.17. The number of thioether (sulfide) groups is 1. The first kappa shape index (κ1) is 22.3. The third-order valence-corrected chi connectivity index (χ3v) is 8.30. The summed E-state index contributed by atoms with van der Waals surface area (Å²) in [7, 11) is 0. The van der Waals surface area contributed by atoms with E-state index in [1.165, 1.54) is 34.3 Å². The summed E-state index contributed by atoms with van der Waals surface area (Å²) < 4.78 is 15.1. The molecule has 0 atom stereocenters. The van der Waals surface area contributed by atoms with E-state index in [9.17, 15) is 9.18 Å². The molecule has 0 unspecified atom stereocenters. The van der Waals surface area contributed by atoms with Crippen molar-refractivity contribution in [1.82, 2.24) is 14.5 Å². The number of benzene rings is 2. The third-order valence-electron chi connectivity index (χ3n) is 6.18. The SMILES string of the molecule is Cc1ccc(-n2c(SCc3ccc(F)cc3)nc3sc4c(c3c2=O)CCN(C(C)C)C4)cc1. The molecular formula is C26H26FN3OS2. The zero-order valence-corrected chi connectivity index (χ0v) is 20.6. The lowest BCUT2D eigenvalue weighted by Gasteiger charge is -2.30. The first-order chi connectivity index (χ1) is 15.9. The molecule has 4 aromatic rings. The number of nitrogens with zero attached hydrogens (tertiary/aromatic N) is 3. The number of halogens is 1. The first-order valence-electron chi connectivity index (χ1n) is 11.2. The van der Waals surface area contributed by atoms with Crippen LogP contribution in [0, 0.1) is 12.7 Å². The van der Waals surface area contributed by atoms with Gasteiger partial charge in [-0.15, -0.1) is 11.3 Å². The van der Waals surface area contributed by atoms with Crippen molar-refractivity contribution >= 4 is 33.3 Å². The predicted molar refractivity (Wildman–Crippen MR) is 135 cm³/mol. The van der Waals surface area contributed by atoms with Crippen molar-refractivity contribution in [3.63, 3.8) is 0 Å². The Morgan fingerprint density at radius 3 is 2.55 bits per heavy atom. The monoisotopic (exact) mass is 479 g/mol. The fourth-order valence-electron chi connectivity index (χ4n) is 4.23. The molecule has 33 heavy (non-hydrogen) atoms. The van der Waals surface area contributed by atoms with Crippen LogP contribution in [0.3, 0.4) is 0 Å². The quantitative estimate of drug-likeness (QED) is 0.262. The average molecular weight is 480 g/mol. The second-order valence-corrected chi connectivity index (χ2v) is 10.8. The lowest BCUT2D eigenvalue weighted by atomic mass is 10.0. The molecule has 0 bridgehead atoms. The van der Waals surface area contributed by atoms with Crippen molar-refractivity contribution < 1.29 is 4.39 Å². The van der Waals surface area contributed by atoms with Crippen LogP contribution < -0.4 is 5.56 Å². The lowest BCUT2D eigenvalue weighted by molar-refractivity contribution is 0.206. The van der Waals surface area contributed by atoms with Crippen LogP contribution in [0.15, 0.2) is 58.5 Å². The minimum absolute atomic E-state index is 0.000885. The molecule has 0 amide bonds. The lowest BCUT2D eigenvalue weighted by Crippen LogP contribution is -2.35. The highest BCUT2D eigenvalue weighted by Gasteiger charge is 2.26. The molecule has 7 heteroatoms. The van der Waals surface area contributed by atoms with E-state index < -0.39 is 0 Å². The smallest absolute Gasteiger partial charge is 0.267 e. The van der Waals surface area contributed by atoms with Gasteiger partial charge in [0.05, 0.1) is 11.1 Å². The fourth-order valence-corrected chi connectivity index (χ4v) is 6.49. The van der Waals surface area contributed by atoms with E-state index in [2.05, 4.69) is 18.7 Å². The van der Waals surface area contributed by atoms with Gasteiger partial charge in [-0.3, -0.25) is 14.3 Å². The normalized spacial score (nSPS) is 14.2. The van der Waals surface area contributed by atoms with Gasteiger partial charge >= 0.3 is 0 Å². The molecule has 170 valence electrons. The maximum absolute atomic E-state index is 13.9. The molecule has 0 spiro atoms. The minimum Gasteiger partial charge on any atom is -0.296 e. The van der Waals surface area contributed by atoms with Crippen LogP contribution in [0.2, 0.25) is 0 Å². The number of hydrogen-bond acceptors (Lipinski definition) is 5. The predicted octanol–water partition coefficient (Wildman–Crippen LogP) is 5.95. The molecule has 2 aromatic heterocycles. The van der Waals surface area contributed by atoms with Crippen LogP contribution in [0.1, 0.15) is 35.4 Å². The maximum atomic E-state index is 13.9. The van der Waals surface area contributed by atoms with Gasteiger partial charge in [-0.25, -0.2) is 9.37 Å². The Morgan fingerprint density at radius 1 is 1.12 bits per heavy atom. The molecule has 3 heterocycles. The largest absolute Gasteiger partial charge is 0.296 e. The maximum Gasteiger partial charge on any atom is 0.267 e. The van der Waals surface area contributed by atoms with Crippen molar-refractivity contribution in [3.8, 4) is 5.69 Å².